The second-order valence-electron chi connectivity index (χ2n) is 4.82. The molecule has 0 bridgehead atoms. The number of aliphatic carboxylic acids is 1. The van der Waals surface area contributed by atoms with E-state index in [2.05, 4.69) is 15.0 Å². The van der Waals surface area contributed by atoms with Crippen LogP contribution >= 0.6 is 23.1 Å². The van der Waals surface area contributed by atoms with Crippen molar-refractivity contribution in [1.82, 2.24) is 4.98 Å². The lowest BCUT2D eigenvalue weighted by Gasteiger charge is -2.07. The molecule has 0 aliphatic carbocycles. The summed E-state index contributed by atoms with van der Waals surface area (Å²) in [5.41, 5.74) is 2.31. The molecule has 2 aromatic carbocycles. The van der Waals surface area contributed by atoms with Crippen LogP contribution in [-0.2, 0) is 15.4 Å². The number of aromatic nitrogens is 1. The molecule has 0 amide bonds. The number of carboxylic acids is 1. The maximum Gasteiger partial charge on any atom is 0.358 e. The highest BCUT2D eigenvalue weighted by molar-refractivity contribution is 8.00. The Morgan fingerprint density at radius 1 is 1.25 bits per heavy atom. The summed E-state index contributed by atoms with van der Waals surface area (Å²) >= 11 is 3.21. The molecular weight excluding hydrogens is 344 g/mol. The molecule has 0 saturated heterocycles. The minimum absolute atomic E-state index is 0.0991. The molecule has 122 valence electrons. The monoisotopic (exact) mass is 358 g/mol. The zero-order valence-corrected chi connectivity index (χ0v) is 14.4. The Hall–Kier alpha value is -2.38. The number of hydrogen-bond donors (Lipinski definition) is 1. The molecule has 0 spiro atoms. The van der Waals surface area contributed by atoms with Gasteiger partial charge in [-0.15, -0.1) is 11.3 Å². The largest absolute Gasteiger partial charge is 0.476 e. The highest BCUT2D eigenvalue weighted by Crippen LogP contribution is 2.32. The zero-order valence-electron chi connectivity index (χ0n) is 12.8. The summed E-state index contributed by atoms with van der Waals surface area (Å²) in [4.78, 5) is 20.7. The number of fused-ring (bicyclic) bond motifs is 1. The van der Waals surface area contributed by atoms with E-state index in [1.54, 1.807) is 35.2 Å². The summed E-state index contributed by atoms with van der Waals surface area (Å²) in [5.74, 6) is -0.513. The zero-order chi connectivity index (χ0) is 16.9. The van der Waals surface area contributed by atoms with Crippen molar-refractivity contribution in [1.29, 1.82) is 0 Å². The lowest BCUT2D eigenvalue weighted by atomic mass is 10.0. The number of nitrogens with zero attached hydrogens (tertiary/aromatic N) is 2. The van der Waals surface area contributed by atoms with Gasteiger partial charge >= 0.3 is 5.97 Å². The fraction of sp³-hybridized carbons (Fsp3) is 0.118. The van der Waals surface area contributed by atoms with Gasteiger partial charge in [0.1, 0.15) is 7.11 Å². The Labute approximate surface area is 147 Å². The summed E-state index contributed by atoms with van der Waals surface area (Å²) in [6.07, 6.45) is 0. The quantitative estimate of drug-likeness (QED) is 0.409. The molecule has 1 N–H and O–H groups in total. The maximum atomic E-state index is 11.4. The van der Waals surface area contributed by atoms with Crippen LogP contribution in [0, 0.1) is 0 Å². The van der Waals surface area contributed by atoms with Gasteiger partial charge in [-0.3, -0.25) is 0 Å². The average molecular weight is 358 g/mol. The minimum Gasteiger partial charge on any atom is -0.476 e. The van der Waals surface area contributed by atoms with Crippen molar-refractivity contribution in [2.24, 2.45) is 5.16 Å². The standard InChI is InChI=1S/C17H14N2O3S2/c1-22-19-15(16(20)21)12-7-3-2-6-11(12)10-23-17-18-13-8-4-5-9-14(13)24-17/h2-9H,10H2,1H3,(H,20,21)/b19-15-. The first kappa shape index (κ1) is 16.5. The molecule has 1 aromatic heterocycles. The second-order valence-corrected chi connectivity index (χ2v) is 7.07. The third-order valence-corrected chi connectivity index (χ3v) is 5.51. The van der Waals surface area contributed by atoms with E-state index in [0.29, 0.717) is 11.3 Å². The first-order valence-corrected chi connectivity index (χ1v) is 8.90. The summed E-state index contributed by atoms with van der Waals surface area (Å²) in [7, 11) is 1.33. The van der Waals surface area contributed by atoms with Crippen LogP contribution in [0.25, 0.3) is 10.2 Å². The third-order valence-electron chi connectivity index (χ3n) is 3.28. The second kappa shape index (κ2) is 7.46. The van der Waals surface area contributed by atoms with Gasteiger partial charge in [0, 0.05) is 11.3 Å². The Balaban J connectivity index is 1.85. The first-order valence-electron chi connectivity index (χ1n) is 7.10. The molecule has 3 aromatic rings. The molecule has 0 saturated carbocycles. The van der Waals surface area contributed by atoms with Gasteiger partial charge in [-0.2, -0.15) is 0 Å². The molecule has 0 aliphatic rings. The van der Waals surface area contributed by atoms with E-state index in [-0.39, 0.29) is 5.71 Å². The van der Waals surface area contributed by atoms with Crippen molar-refractivity contribution in [2.75, 3.05) is 7.11 Å². The van der Waals surface area contributed by atoms with Crippen molar-refractivity contribution in [3.05, 3.63) is 59.7 Å². The summed E-state index contributed by atoms with van der Waals surface area (Å²) < 4.78 is 2.09. The molecule has 1 heterocycles. The number of oxime groups is 1. The maximum absolute atomic E-state index is 11.4. The predicted octanol–water partition coefficient (Wildman–Crippen LogP) is 4.02. The Bertz CT molecular complexity index is 872. The number of benzene rings is 2. The van der Waals surface area contributed by atoms with Crippen LogP contribution in [0.1, 0.15) is 11.1 Å². The van der Waals surface area contributed by atoms with Crippen LogP contribution in [0.2, 0.25) is 0 Å². The molecule has 0 fully saturated rings. The van der Waals surface area contributed by atoms with Gasteiger partial charge in [-0.25, -0.2) is 9.78 Å². The lowest BCUT2D eigenvalue weighted by molar-refractivity contribution is -0.129. The smallest absolute Gasteiger partial charge is 0.358 e. The van der Waals surface area contributed by atoms with Gasteiger partial charge in [0.05, 0.1) is 10.2 Å². The van der Waals surface area contributed by atoms with E-state index in [9.17, 15) is 9.90 Å². The Morgan fingerprint density at radius 3 is 2.75 bits per heavy atom. The highest BCUT2D eigenvalue weighted by atomic mass is 32.2. The van der Waals surface area contributed by atoms with E-state index in [4.69, 9.17) is 0 Å². The number of thioether (sulfide) groups is 1. The topological polar surface area (TPSA) is 71.8 Å². The van der Waals surface area contributed by atoms with Crippen LogP contribution < -0.4 is 0 Å². The van der Waals surface area contributed by atoms with E-state index in [1.807, 2.05) is 36.4 Å². The summed E-state index contributed by atoms with van der Waals surface area (Å²) in [5, 5.41) is 13.0. The molecular formula is C17H14N2O3S2. The van der Waals surface area contributed by atoms with Crippen LogP contribution in [0.3, 0.4) is 0 Å². The normalized spacial score (nSPS) is 11.6. The van der Waals surface area contributed by atoms with Gasteiger partial charge in [0.15, 0.2) is 10.1 Å². The van der Waals surface area contributed by atoms with Crippen molar-refractivity contribution in [3.8, 4) is 0 Å². The van der Waals surface area contributed by atoms with Crippen LogP contribution in [-0.4, -0.2) is 28.9 Å². The van der Waals surface area contributed by atoms with Gasteiger partial charge < -0.3 is 9.94 Å². The van der Waals surface area contributed by atoms with E-state index >= 15 is 0 Å². The molecule has 0 aliphatic heterocycles. The van der Waals surface area contributed by atoms with Crippen molar-refractivity contribution in [2.45, 2.75) is 10.1 Å². The fourth-order valence-corrected chi connectivity index (χ4v) is 4.30. The Morgan fingerprint density at radius 2 is 2.00 bits per heavy atom. The number of carbonyl (C=O) groups is 1. The molecule has 24 heavy (non-hydrogen) atoms. The number of rotatable bonds is 6. The van der Waals surface area contributed by atoms with Gasteiger partial charge in [-0.05, 0) is 17.7 Å². The van der Waals surface area contributed by atoms with E-state index in [1.165, 1.54) is 7.11 Å². The molecule has 3 rings (SSSR count). The predicted molar refractivity (Wildman–Crippen MR) is 96.8 cm³/mol. The van der Waals surface area contributed by atoms with Crippen LogP contribution in [0.4, 0.5) is 0 Å². The van der Waals surface area contributed by atoms with Gasteiger partial charge in [0.2, 0.25) is 0 Å². The van der Waals surface area contributed by atoms with Crippen molar-refractivity contribution < 1.29 is 14.7 Å². The van der Waals surface area contributed by atoms with E-state index < -0.39 is 5.97 Å². The van der Waals surface area contributed by atoms with Crippen LogP contribution in [0.15, 0.2) is 58.0 Å². The van der Waals surface area contributed by atoms with Crippen LogP contribution in [0.5, 0.6) is 0 Å². The fourth-order valence-electron chi connectivity index (χ4n) is 2.22. The lowest BCUT2D eigenvalue weighted by Crippen LogP contribution is -2.16. The number of para-hydroxylation sites is 1. The first-order chi connectivity index (χ1) is 11.7. The number of hydrogen-bond acceptors (Lipinski definition) is 6. The highest BCUT2D eigenvalue weighted by Gasteiger charge is 2.17. The minimum atomic E-state index is -1.12. The third kappa shape index (κ3) is 3.58. The number of thiazole rings is 1. The molecule has 7 heteroatoms. The molecule has 0 atom stereocenters. The van der Waals surface area contributed by atoms with Gasteiger partial charge in [0.25, 0.3) is 0 Å². The Kier molecular flexibility index (Phi) is 5.12. The SMILES string of the molecule is CO/N=C(\C(=O)O)c1ccccc1CSc1nc2ccccc2s1. The average Bonchev–Trinajstić information content (AvgIpc) is 3.01. The van der Waals surface area contributed by atoms with E-state index in [0.717, 1.165) is 20.1 Å². The molecule has 0 unspecified atom stereocenters. The number of carboxylic acid groups (broad SMARTS) is 1. The summed E-state index contributed by atoms with van der Waals surface area (Å²) in [6.45, 7) is 0. The summed E-state index contributed by atoms with van der Waals surface area (Å²) in [6, 6.07) is 15.3. The molecule has 5 nitrogen and oxygen atoms in total. The van der Waals surface area contributed by atoms with Crippen molar-refractivity contribution in [3.63, 3.8) is 0 Å². The van der Waals surface area contributed by atoms with Gasteiger partial charge in [-0.1, -0.05) is 53.3 Å². The molecule has 0 radical (unpaired) electrons. The van der Waals surface area contributed by atoms with Crippen molar-refractivity contribution >= 4 is 45.0 Å².